The third kappa shape index (κ3) is 4.36. The molecule has 2 aliphatic rings. The van der Waals surface area contributed by atoms with Gasteiger partial charge in [0, 0.05) is 31.8 Å². The number of rotatable bonds is 3. The van der Waals surface area contributed by atoms with Gasteiger partial charge in [-0.1, -0.05) is 24.9 Å². The van der Waals surface area contributed by atoms with E-state index in [9.17, 15) is 14.9 Å². The Hall–Kier alpha value is -1.65. The lowest BCUT2D eigenvalue weighted by Crippen LogP contribution is -2.35. The fraction of sp³-hybridized carbons (Fsp3) is 0.650. The van der Waals surface area contributed by atoms with Gasteiger partial charge in [0.2, 0.25) is 5.95 Å². The zero-order chi connectivity index (χ0) is 22.1. The number of nitrogens with zero attached hydrogens (tertiary/aromatic N) is 5. The Kier molecular flexibility index (Phi) is 6.78. The van der Waals surface area contributed by atoms with Crippen LogP contribution < -0.4 is 5.73 Å². The number of halogens is 1. The van der Waals surface area contributed by atoms with Crippen molar-refractivity contribution in [2.45, 2.75) is 57.0 Å². The van der Waals surface area contributed by atoms with Crippen LogP contribution in [-0.2, 0) is 9.98 Å². The van der Waals surface area contributed by atoms with Crippen LogP contribution in [0.2, 0.25) is 5.02 Å². The van der Waals surface area contributed by atoms with Crippen LogP contribution in [0.25, 0.3) is 5.52 Å². The van der Waals surface area contributed by atoms with Crippen molar-refractivity contribution in [3.63, 3.8) is 0 Å². The second-order valence-electron chi connectivity index (χ2n) is 8.55. The minimum Gasteiger partial charge on any atom is -0.392 e. The van der Waals surface area contributed by atoms with Gasteiger partial charge < -0.3 is 15.4 Å². The summed E-state index contributed by atoms with van der Waals surface area (Å²) in [6, 6.07) is 2.22. The Morgan fingerprint density at radius 1 is 1.43 bits per heavy atom. The number of hydrogen-bond donors (Lipinski definition) is 2. The third-order valence-electron chi connectivity index (χ3n) is 6.30. The van der Waals surface area contributed by atoms with Gasteiger partial charge in [0.1, 0.15) is 18.9 Å². The number of nitrogens with two attached hydrogens (primary N) is 1. The summed E-state index contributed by atoms with van der Waals surface area (Å²) in [4.78, 5) is 3.96. The van der Waals surface area contributed by atoms with E-state index in [0.29, 0.717) is 22.6 Å². The third-order valence-corrected chi connectivity index (χ3v) is 8.41. The average Bonchev–Trinajstić information content (AvgIpc) is 2.93. The molecule has 4 rings (SSSR count). The molecule has 0 amide bonds. The van der Waals surface area contributed by atoms with Gasteiger partial charge in [-0.15, -0.1) is 5.10 Å². The van der Waals surface area contributed by atoms with Crippen molar-refractivity contribution in [2.75, 3.05) is 32.2 Å². The first-order chi connectivity index (χ1) is 14.1. The molecule has 2 fully saturated rings. The lowest BCUT2D eigenvalue weighted by atomic mass is 9.64. The van der Waals surface area contributed by atoms with Gasteiger partial charge in [0.15, 0.2) is 0 Å². The summed E-state index contributed by atoms with van der Waals surface area (Å²) in [6.07, 6.45) is 7.39. The number of piperidine rings is 1. The molecule has 0 spiro atoms. The van der Waals surface area contributed by atoms with Crippen LogP contribution in [-0.4, -0.2) is 56.9 Å². The molecule has 1 atom stereocenters. The molecule has 3 N–H and O–H groups in total. The lowest BCUT2D eigenvalue weighted by molar-refractivity contribution is 0.107. The first kappa shape index (κ1) is 23.0. The van der Waals surface area contributed by atoms with Crippen LogP contribution >= 0.6 is 18.9 Å². The smallest absolute Gasteiger partial charge is 0.238 e. The highest BCUT2D eigenvalue weighted by atomic mass is 35.5. The molecule has 1 aliphatic carbocycles. The van der Waals surface area contributed by atoms with Crippen molar-refractivity contribution in [3.8, 4) is 6.07 Å². The Labute approximate surface area is 182 Å². The maximum absolute atomic E-state index is 11.5. The molecule has 2 aromatic rings. The van der Waals surface area contributed by atoms with E-state index < -0.39 is 7.29 Å². The number of aliphatic hydroxyl groups is 1. The van der Waals surface area contributed by atoms with E-state index in [1.807, 2.05) is 4.67 Å². The Balaban J connectivity index is 0.000000199. The summed E-state index contributed by atoms with van der Waals surface area (Å²) in [5.41, 5.74) is 7.74. The fourth-order valence-corrected chi connectivity index (χ4v) is 5.81. The topological polar surface area (TPSA) is 121 Å². The summed E-state index contributed by atoms with van der Waals surface area (Å²) >= 11 is 6.29. The standard InChI is InChI=1S/C13H14ClN5.C7H16NO2P/c1-2-13(4-3-5-13)11-8(6-15)10(14)9-7-17-12(16)18-19(9)11;1-11(2,10)8-5-3-4-7(9)6-8/h7H,2-5H2,1H3,(H2,16,18);7,9H,3-6H2,1-2H3. The van der Waals surface area contributed by atoms with Crippen LogP contribution in [0.3, 0.4) is 0 Å². The minimum absolute atomic E-state index is 0.00190. The maximum atomic E-state index is 11.5. The van der Waals surface area contributed by atoms with Crippen molar-refractivity contribution < 1.29 is 9.67 Å². The van der Waals surface area contributed by atoms with Crippen molar-refractivity contribution >= 4 is 30.4 Å². The molecular formula is C20H30ClN6O2P. The maximum Gasteiger partial charge on any atom is 0.238 e. The number of aromatic nitrogens is 3. The summed E-state index contributed by atoms with van der Waals surface area (Å²) in [5.74, 6) is 0.190. The highest BCUT2D eigenvalue weighted by molar-refractivity contribution is 7.59. The summed E-state index contributed by atoms with van der Waals surface area (Å²) in [5, 5.41) is 23.4. The monoisotopic (exact) mass is 452 g/mol. The van der Waals surface area contributed by atoms with Gasteiger partial charge in [0.25, 0.3) is 0 Å². The second-order valence-corrected chi connectivity index (χ2v) is 12.1. The number of nitrogen functional groups attached to an aromatic ring is 1. The molecule has 1 saturated carbocycles. The number of anilines is 1. The Bertz CT molecular complexity index is 1000. The van der Waals surface area contributed by atoms with Crippen molar-refractivity contribution in [3.05, 3.63) is 22.5 Å². The van der Waals surface area contributed by atoms with Crippen molar-refractivity contribution in [1.29, 1.82) is 5.26 Å². The van der Waals surface area contributed by atoms with Gasteiger partial charge in [-0.25, -0.2) is 9.50 Å². The molecule has 3 heterocycles. The van der Waals surface area contributed by atoms with Crippen LogP contribution in [0.5, 0.6) is 0 Å². The number of fused-ring (bicyclic) bond motifs is 1. The number of nitriles is 1. The average molecular weight is 453 g/mol. The largest absolute Gasteiger partial charge is 0.392 e. The normalized spacial score (nSPS) is 21.4. The van der Waals surface area contributed by atoms with E-state index in [0.717, 1.165) is 44.3 Å². The predicted molar refractivity (Wildman–Crippen MR) is 119 cm³/mol. The van der Waals surface area contributed by atoms with Gasteiger partial charge >= 0.3 is 0 Å². The van der Waals surface area contributed by atoms with Crippen LogP contribution in [0.1, 0.15) is 56.7 Å². The SMILES string of the molecule is CCC1(c2c(C#N)c(Cl)c3cnc(N)nn23)CCC1.CP(C)(=O)N1CCCC(O)C1. The van der Waals surface area contributed by atoms with E-state index in [2.05, 4.69) is 23.1 Å². The molecule has 1 unspecified atom stereocenters. The molecule has 0 radical (unpaired) electrons. The van der Waals surface area contributed by atoms with Crippen LogP contribution in [0.4, 0.5) is 5.95 Å². The first-order valence-corrected chi connectivity index (χ1v) is 13.3. The predicted octanol–water partition coefficient (Wildman–Crippen LogP) is 3.65. The van der Waals surface area contributed by atoms with Crippen molar-refractivity contribution in [1.82, 2.24) is 19.3 Å². The molecule has 1 saturated heterocycles. The van der Waals surface area contributed by atoms with Crippen LogP contribution in [0, 0.1) is 11.3 Å². The fourth-order valence-electron chi connectivity index (χ4n) is 4.35. The molecule has 30 heavy (non-hydrogen) atoms. The van der Waals surface area contributed by atoms with Gasteiger partial charge in [-0.2, -0.15) is 5.26 Å². The number of aliphatic hydroxyl groups excluding tert-OH is 1. The first-order valence-electron chi connectivity index (χ1n) is 10.3. The quantitative estimate of drug-likeness (QED) is 0.681. The molecule has 164 valence electrons. The van der Waals surface area contributed by atoms with Gasteiger partial charge in [0.05, 0.1) is 28.6 Å². The minimum atomic E-state index is -2.11. The molecule has 8 nitrogen and oxygen atoms in total. The molecule has 0 aromatic carbocycles. The lowest BCUT2D eigenvalue weighted by Gasteiger charge is -2.41. The zero-order valence-electron chi connectivity index (χ0n) is 17.8. The Morgan fingerprint density at radius 3 is 2.60 bits per heavy atom. The summed E-state index contributed by atoms with van der Waals surface area (Å²) in [6.45, 7) is 7.11. The van der Waals surface area contributed by atoms with E-state index in [1.54, 1.807) is 24.0 Å². The van der Waals surface area contributed by atoms with Gasteiger partial charge in [-0.3, -0.25) is 4.67 Å². The number of β-amino-alcohol motifs (C(OH)–C–C–N with tert-alkyl or cyclic N) is 1. The highest BCUT2D eigenvalue weighted by Gasteiger charge is 2.42. The second kappa shape index (κ2) is 8.84. The van der Waals surface area contributed by atoms with E-state index in [4.69, 9.17) is 17.3 Å². The Morgan fingerprint density at radius 2 is 2.13 bits per heavy atom. The van der Waals surface area contributed by atoms with Crippen LogP contribution in [0.15, 0.2) is 6.20 Å². The van der Waals surface area contributed by atoms with Crippen molar-refractivity contribution in [2.24, 2.45) is 0 Å². The molecule has 2 aromatic heterocycles. The summed E-state index contributed by atoms with van der Waals surface area (Å²) in [7, 11) is -2.11. The zero-order valence-corrected chi connectivity index (χ0v) is 19.5. The molecule has 0 bridgehead atoms. The molecular weight excluding hydrogens is 423 g/mol. The van der Waals surface area contributed by atoms with E-state index in [-0.39, 0.29) is 17.5 Å². The number of hydrogen-bond acceptors (Lipinski definition) is 6. The van der Waals surface area contributed by atoms with Gasteiger partial charge in [-0.05, 0) is 32.1 Å². The molecule has 10 heteroatoms. The summed E-state index contributed by atoms with van der Waals surface area (Å²) < 4.78 is 15.1. The van der Waals surface area contributed by atoms with E-state index >= 15 is 0 Å². The molecule has 1 aliphatic heterocycles. The highest BCUT2D eigenvalue weighted by Crippen LogP contribution is 2.49. The van der Waals surface area contributed by atoms with E-state index in [1.165, 1.54) is 6.42 Å².